The van der Waals surface area contributed by atoms with E-state index in [0.717, 1.165) is 38.0 Å². The van der Waals surface area contributed by atoms with Gasteiger partial charge in [-0.3, -0.25) is 14.7 Å². The van der Waals surface area contributed by atoms with Crippen molar-refractivity contribution in [3.63, 3.8) is 0 Å². The predicted molar refractivity (Wildman–Crippen MR) is 104 cm³/mol. The number of aromatic nitrogens is 4. The first kappa shape index (κ1) is 19.1. The number of nitrogens with zero attached hydrogens (tertiary/aromatic N) is 6. The Bertz CT molecular complexity index is 808. The predicted octanol–water partition coefficient (Wildman–Crippen LogP) is 3.39. The van der Waals surface area contributed by atoms with Crippen molar-refractivity contribution in [3.05, 3.63) is 28.8 Å². The van der Waals surface area contributed by atoms with Crippen LogP contribution in [0.3, 0.4) is 0 Å². The molecule has 8 heteroatoms. The third-order valence-electron chi connectivity index (χ3n) is 4.63. The van der Waals surface area contributed by atoms with Gasteiger partial charge < -0.3 is 9.64 Å². The lowest BCUT2D eigenvalue weighted by atomic mass is 10.1. The molecule has 0 bridgehead atoms. The minimum absolute atomic E-state index is 0.116. The molecule has 2 aromatic rings. The molecule has 0 spiro atoms. The molecule has 1 aliphatic heterocycles. The van der Waals surface area contributed by atoms with Gasteiger partial charge in [0.25, 0.3) is 0 Å². The number of hydrogen-bond donors (Lipinski definition) is 0. The quantitative estimate of drug-likeness (QED) is 0.628. The average Bonchev–Trinajstić information content (AvgIpc) is 3.07. The van der Waals surface area contributed by atoms with Gasteiger partial charge in [-0.05, 0) is 25.8 Å². The first-order chi connectivity index (χ1) is 13.2. The Hall–Kier alpha value is -2.64. The van der Waals surface area contributed by atoms with Crippen LogP contribution in [0.25, 0.3) is 0 Å². The molecule has 1 unspecified atom stereocenters. The number of fused-ring (bicyclic) bond motifs is 1. The van der Waals surface area contributed by atoms with Crippen LogP contribution >= 0.6 is 0 Å². The Balaban J connectivity index is 2.04. The van der Waals surface area contributed by atoms with E-state index >= 15 is 0 Å². The van der Waals surface area contributed by atoms with Crippen LogP contribution in [-0.2, 0) is 0 Å². The highest BCUT2D eigenvalue weighted by Crippen LogP contribution is 2.36. The fraction of sp³-hybridized carbons (Fsp3) is 0.579. The van der Waals surface area contributed by atoms with Crippen molar-refractivity contribution >= 4 is 11.5 Å². The van der Waals surface area contributed by atoms with Gasteiger partial charge in [-0.2, -0.15) is 4.98 Å². The molecule has 0 saturated carbocycles. The van der Waals surface area contributed by atoms with Crippen LogP contribution in [0.15, 0.2) is 23.3 Å². The van der Waals surface area contributed by atoms with Crippen molar-refractivity contribution in [2.24, 2.45) is 0 Å². The molecule has 3 rings (SSSR count). The van der Waals surface area contributed by atoms with Gasteiger partial charge >= 0.3 is 17.6 Å². The fourth-order valence-electron chi connectivity index (χ4n) is 3.31. The normalized spacial score (nSPS) is 14.0. The van der Waals surface area contributed by atoms with Crippen molar-refractivity contribution in [3.8, 4) is 12.0 Å². The molecular weight excluding hydrogens is 344 g/mol. The molecule has 8 nitrogen and oxygen atoms in total. The van der Waals surface area contributed by atoms with Gasteiger partial charge in [-0.15, -0.1) is 0 Å². The summed E-state index contributed by atoms with van der Waals surface area (Å²) in [6, 6.07) is 2.23. The largest absolute Gasteiger partial charge is 0.390 e. The number of hydrogen-bond acceptors (Lipinski definition) is 6. The molecule has 0 aromatic carbocycles. The van der Waals surface area contributed by atoms with Crippen molar-refractivity contribution in [1.29, 1.82) is 0 Å². The van der Waals surface area contributed by atoms with E-state index in [1.165, 1.54) is 6.42 Å². The summed E-state index contributed by atoms with van der Waals surface area (Å²) in [5.74, 6) is 0.798. The number of anilines is 1. The van der Waals surface area contributed by atoms with Crippen molar-refractivity contribution in [1.82, 2.24) is 24.8 Å². The molecule has 2 aromatic heterocycles. The molecule has 0 N–H and O–H groups in total. The van der Waals surface area contributed by atoms with E-state index in [-0.39, 0.29) is 23.6 Å². The van der Waals surface area contributed by atoms with E-state index in [1.807, 2.05) is 4.57 Å². The van der Waals surface area contributed by atoms with Crippen molar-refractivity contribution in [2.45, 2.75) is 58.9 Å². The molecular formula is C19H27N6O2. The number of rotatable bonds is 9. The Morgan fingerprint density at radius 2 is 1.96 bits per heavy atom. The van der Waals surface area contributed by atoms with Gasteiger partial charge in [0.05, 0.1) is 0 Å². The number of unbranched alkanes of at least 4 members (excludes halogenated alkanes) is 2. The second-order valence-corrected chi connectivity index (χ2v) is 6.78. The second-order valence-electron chi connectivity index (χ2n) is 6.78. The smallest absolute Gasteiger partial charge is 0.324 e. The minimum Gasteiger partial charge on any atom is -0.390 e. The summed E-state index contributed by atoms with van der Waals surface area (Å²) in [4.78, 5) is 27.0. The van der Waals surface area contributed by atoms with Gasteiger partial charge in [-0.1, -0.05) is 33.1 Å². The molecule has 1 radical (unpaired) electrons. The topological polar surface area (TPSA) is 87.2 Å². The van der Waals surface area contributed by atoms with Crippen molar-refractivity contribution in [2.75, 3.05) is 18.1 Å². The summed E-state index contributed by atoms with van der Waals surface area (Å²) in [7, 11) is 0. The van der Waals surface area contributed by atoms with Crippen LogP contribution in [0.4, 0.5) is 11.5 Å². The summed E-state index contributed by atoms with van der Waals surface area (Å²) in [5, 5.41) is 4.43. The average molecular weight is 371 g/mol. The Labute approximate surface area is 159 Å². The Kier molecular flexibility index (Phi) is 6.26. The van der Waals surface area contributed by atoms with E-state index in [1.54, 1.807) is 18.5 Å². The minimum atomic E-state index is -0.369. The van der Waals surface area contributed by atoms with Gasteiger partial charge in [0, 0.05) is 25.0 Å². The van der Waals surface area contributed by atoms with E-state index in [9.17, 15) is 4.79 Å². The van der Waals surface area contributed by atoms with Crippen LogP contribution in [0, 0.1) is 0 Å². The zero-order valence-corrected chi connectivity index (χ0v) is 16.3. The molecule has 145 valence electrons. The van der Waals surface area contributed by atoms with Gasteiger partial charge in [-0.25, -0.2) is 9.97 Å². The van der Waals surface area contributed by atoms with Crippen LogP contribution < -0.4 is 20.5 Å². The molecule has 27 heavy (non-hydrogen) atoms. The third-order valence-corrected chi connectivity index (χ3v) is 4.63. The number of ether oxygens (including phenoxy) is 1. The van der Waals surface area contributed by atoms with Crippen molar-refractivity contribution < 1.29 is 4.74 Å². The molecule has 0 fully saturated rings. The zero-order chi connectivity index (χ0) is 19.2. The summed E-state index contributed by atoms with van der Waals surface area (Å²) in [6.07, 6.45) is 8.56. The Morgan fingerprint density at radius 3 is 2.67 bits per heavy atom. The third kappa shape index (κ3) is 4.20. The lowest BCUT2D eigenvalue weighted by Gasteiger charge is -2.26. The summed E-state index contributed by atoms with van der Waals surface area (Å²) >= 11 is 0. The highest BCUT2D eigenvalue weighted by molar-refractivity contribution is 5.66. The summed E-state index contributed by atoms with van der Waals surface area (Å²) < 4.78 is 7.83. The van der Waals surface area contributed by atoms with E-state index in [2.05, 4.69) is 45.9 Å². The van der Waals surface area contributed by atoms with E-state index in [0.29, 0.717) is 12.4 Å². The Morgan fingerprint density at radius 1 is 1.19 bits per heavy atom. The van der Waals surface area contributed by atoms with Crippen LogP contribution in [0.5, 0.6) is 12.0 Å². The monoisotopic (exact) mass is 371 g/mol. The van der Waals surface area contributed by atoms with Gasteiger partial charge in [0.15, 0.2) is 5.69 Å². The highest BCUT2D eigenvalue weighted by Gasteiger charge is 2.31. The van der Waals surface area contributed by atoms with Crippen LogP contribution in [0.1, 0.15) is 58.9 Å². The maximum Gasteiger partial charge on any atom is 0.324 e. The van der Waals surface area contributed by atoms with E-state index in [4.69, 9.17) is 4.74 Å². The molecule has 1 atom stereocenters. The van der Waals surface area contributed by atoms with Gasteiger partial charge in [0.2, 0.25) is 0 Å². The molecule has 0 aliphatic carbocycles. The fourth-order valence-corrected chi connectivity index (χ4v) is 3.31. The maximum absolute atomic E-state index is 12.5. The highest BCUT2D eigenvalue weighted by atomic mass is 16.5. The SMILES string of the molecule is CCCCCC(C)n1c(Oc2ncccn2)nc(=O)c2c1N(CCC)C[N]2. The van der Waals surface area contributed by atoms with Gasteiger partial charge in [0.1, 0.15) is 12.5 Å². The zero-order valence-electron chi connectivity index (χ0n) is 16.3. The first-order valence-electron chi connectivity index (χ1n) is 9.69. The lowest BCUT2D eigenvalue weighted by Crippen LogP contribution is -2.27. The molecule has 0 saturated heterocycles. The standard InChI is InChI=1S/C19H27N6O2/c1-4-6-7-9-14(3)25-17-15(22-13-24(17)12-5-2)16(26)23-19(25)27-18-20-10-8-11-21-18/h8,10-11,14H,4-7,9,12-13H2,1-3H3. The van der Waals surface area contributed by atoms with Crippen LogP contribution in [0.2, 0.25) is 0 Å². The molecule has 0 amide bonds. The second kappa shape index (κ2) is 8.83. The summed E-state index contributed by atoms with van der Waals surface area (Å²) in [6.45, 7) is 7.73. The maximum atomic E-state index is 12.5. The summed E-state index contributed by atoms with van der Waals surface area (Å²) in [5.41, 5.74) is 0.0543. The first-order valence-corrected chi connectivity index (χ1v) is 9.69. The molecule has 3 heterocycles. The molecule has 1 aliphatic rings. The van der Waals surface area contributed by atoms with Crippen LogP contribution in [-0.4, -0.2) is 32.7 Å². The lowest BCUT2D eigenvalue weighted by molar-refractivity contribution is 0.344. The van der Waals surface area contributed by atoms with E-state index < -0.39 is 0 Å².